The van der Waals surface area contributed by atoms with Gasteiger partial charge in [-0.05, 0) is 72.9 Å². The van der Waals surface area contributed by atoms with Crippen LogP contribution in [0, 0.1) is 23.4 Å². The fraction of sp³-hybridized carbons (Fsp3) is 0.323. The van der Waals surface area contributed by atoms with Crippen LogP contribution in [-0.4, -0.2) is 12.6 Å². The summed E-state index contributed by atoms with van der Waals surface area (Å²) < 4.78 is 54.9. The Bertz CT molecular complexity index is 1250. The van der Waals surface area contributed by atoms with Gasteiger partial charge in [-0.3, -0.25) is 0 Å². The van der Waals surface area contributed by atoms with Crippen molar-refractivity contribution in [2.75, 3.05) is 6.61 Å². The summed E-state index contributed by atoms with van der Waals surface area (Å²) >= 11 is 0. The third-order valence-electron chi connectivity index (χ3n) is 6.92. The molecule has 4 rings (SSSR count). The van der Waals surface area contributed by atoms with E-state index >= 15 is 0 Å². The quantitative estimate of drug-likeness (QED) is 0.126. The van der Waals surface area contributed by atoms with Crippen LogP contribution in [0.2, 0.25) is 0 Å². The molecule has 1 aliphatic rings. The van der Waals surface area contributed by atoms with Crippen molar-refractivity contribution < 1.29 is 27.4 Å². The number of hydrogen-bond donors (Lipinski definition) is 0. The van der Waals surface area contributed by atoms with Gasteiger partial charge in [-0.15, -0.1) is 6.58 Å². The SMILES string of the molecule is C=CCCCOc1ccc(OC(=O)c2ccc(-c3ccc(C4CCC(C)CC4)c(F)c3F)cc2)cc1F. The number of carbonyl (C=O) groups excluding carboxylic acids is 1. The highest BCUT2D eigenvalue weighted by Crippen LogP contribution is 2.38. The summed E-state index contributed by atoms with van der Waals surface area (Å²) in [5, 5.41) is 0. The van der Waals surface area contributed by atoms with Crippen LogP contribution in [-0.2, 0) is 0 Å². The Hall–Kier alpha value is -3.54. The summed E-state index contributed by atoms with van der Waals surface area (Å²) in [5.74, 6) is -2.23. The Morgan fingerprint density at radius 3 is 2.38 bits per heavy atom. The Labute approximate surface area is 215 Å². The lowest BCUT2D eigenvalue weighted by molar-refractivity contribution is 0.0734. The van der Waals surface area contributed by atoms with E-state index < -0.39 is 23.4 Å². The van der Waals surface area contributed by atoms with Gasteiger partial charge >= 0.3 is 5.97 Å². The first-order valence-corrected chi connectivity index (χ1v) is 12.7. The van der Waals surface area contributed by atoms with E-state index in [0.717, 1.165) is 44.6 Å². The fourth-order valence-electron chi connectivity index (χ4n) is 4.70. The largest absolute Gasteiger partial charge is 0.491 e. The van der Waals surface area contributed by atoms with Crippen molar-refractivity contribution >= 4 is 5.97 Å². The van der Waals surface area contributed by atoms with Gasteiger partial charge in [-0.2, -0.15) is 0 Å². The van der Waals surface area contributed by atoms with Crippen molar-refractivity contribution in [1.29, 1.82) is 0 Å². The molecule has 3 aromatic rings. The van der Waals surface area contributed by atoms with Crippen LogP contribution in [0.15, 0.2) is 67.3 Å². The number of benzene rings is 3. The van der Waals surface area contributed by atoms with Gasteiger partial charge in [-0.25, -0.2) is 18.0 Å². The van der Waals surface area contributed by atoms with Crippen molar-refractivity contribution in [3.05, 3.63) is 95.8 Å². The zero-order valence-electron chi connectivity index (χ0n) is 20.9. The van der Waals surface area contributed by atoms with Crippen molar-refractivity contribution in [2.45, 2.75) is 51.4 Å². The molecule has 0 bridgehead atoms. The maximum atomic E-state index is 15.0. The molecule has 6 heteroatoms. The monoisotopic (exact) mass is 508 g/mol. The molecule has 0 aliphatic heterocycles. The summed E-state index contributed by atoms with van der Waals surface area (Å²) in [6.07, 6.45) is 7.01. The second-order valence-electron chi connectivity index (χ2n) is 9.63. The second-order valence-corrected chi connectivity index (χ2v) is 9.63. The number of halogens is 3. The third kappa shape index (κ3) is 6.43. The number of unbranched alkanes of at least 4 members (excludes halogenated alkanes) is 1. The van der Waals surface area contributed by atoms with Crippen molar-refractivity contribution in [3.8, 4) is 22.6 Å². The van der Waals surface area contributed by atoms with Gasteiger partial charge in [0, 0.05) is 11.6 Å². The van der Waals surface area contributed by atoms with E-state index in [-0.39, 0.29) is 28.5 Å². The van der Waals surface area contributed by atoms with Gasteiger partial charge in [0.1, 0.15) is 5.75 Å². The average Bonchev–Trinajstić information content (AvgIpc) is 2.90. The van der Waals surface area contributed by atoms with Gasteiger partial charge in [0.15, 0.2) is 23.2 Å². The Balaban J connectivity index is 1.42. The summed E-state index contributed by atoms with van der Waals surface area (Å²) in [6, 6.07) is 13.2. The molecular weight excluding hydrogens is 477 g/mol. The Morgan fingerprint density at radius 1 is 0.973 bits per heavy atom. The average molecular weight is 509 g/mol. The predicted molar refractivity (Wildman–Crippen MR) is 138 cm³/mol. The lowest BCUT2D eigenvalue weighted by atomic mass is 9.79. The molecule has 37 heavy (non-hydrogen) atoms. The smallest absolute Gasteiger partial charge is 0.343 e. The first-order chi connectivity index (χ1) is 17.9. The maximum Gasteiger partial charge on any atom is 0.343 e. The van der Waals surface area contributed by atoms with Crippen LogP contribution in [0.25, 0.3) is 11.1 Å². The van der Waals surface area contributed by atoms with Crippen LogP contribution in [0.1, 0.15) is 67.3 Å². The molecule has 194 valence electrons. The molecule has 1 aliphatic carbocycles. The predicted octanol–water partition coefficient (Wildman–Crippen LogP) is 8.63. The van der Waals surface area contributed by atoms with E-state index in [0.29, 0.717) is 23.7 Å². The highest BCUT2D eigenvalue weighted by Gasteiger charge is 2.25. The zero-order valence-corrected chi connectivity index (χ0v) is 20.9. The lowest BCUT2D eigenvalue weighted by Crippen LogP contribution is -2.13. The number of rotatable bonds is 9. The molecule has 0 spiro atoms. The number of hydrogen-bond acceptors (Lipinski definition) is 3. The summed E-state index contributed by atoms with van der Waals surface area (Å²) in [5.41, 5.74) is 1.22. The minimum absolute atomic E-state index is 0.0332. The molecule has 0 heterocycles. The molecule has 0 atom stereocenters. The van der Waals surface area contributed by atoms with Gasteiger partial charge in [0.2, 0.25) is 0 Å². The van der Waals surface area contributed by atoms with Gasteiger partial charge < -0.3 is 9.47 Å². The van der Waals surface area contributed by atoms with Gasteiger partial charge in [-0.1, -0.05) is 50.1 Å². The summed E-state index contributed by atoms with van der Waals surface area (Å²) in [6.45, 7) is 6.16. The summed E-state index contributed by atoms with van der Waals surface area (Å²) in [4.78, 5) is 12.5. The normalized spacial score (nSPS) is 17.3. The molecule has 3 nitrogen and oxygen atoms in total. The first kappa shape index (κ1) is 26.5. The molecule has 0 radical (unpaired) electrons. The summed E-state index contributed by atoms with van der Waals surface area (Å²) in [7, 11) is 0. The van der Waals surface area contributed by atoms with Crippen LogP contribution in [0.3, 0.4) is 0 Å². The van der Waals surface area contributed by atoms with Crippen molar-refractivity contribution in [2.24, 2.45) is 5.92 Å². The highest BCUT2D eigenvalue weighted by atomic mass is 19.2. The fourth-order valence-corrected chi connectivity index (χ4v) is 4.70. The number of ether oxygens (including phenoxy) is 2. The van der Waals surface area contributed by atoms with Crippen molar-refractivity contribution in [1.82, 2.24) is 0 Å². The first-order valence-electron chi connectivity index (χ1n) is 12.7. The molecular formula is C31H31F3O3. The number of allylic oxidation sites excluding steroid dienone is 1. The standard InChI is InChI=1S/C31H31F3O3/c1-3-4-5-18-36-28-17-14-24(19-27(28)32)37-31(35)23-12-10-22(11-13-23)26-16-15-25(29(33)30(26)34)21-8-6-20(2)7-9-21/h3,10-17,19-21H,1,4-9,18H2,2H3. The Kier molecular flexibility index (Phi) is 8.70. The molecule has 0 saturated heterocycles. The molecule has 0 amide bonds. The number of esters is 1. The van der Waals surface area contributed by atoms with E-state index in [1.165, 1.54) is 36.4 Å². The Morgan fingerprint density at radius 2 is 1.70 bits per heavy atom. The molecule has 0 N–H and O–H groups in total. The molecule has 1 saturated carbocycles. The topological polar surface area (TPSA) is 35.5 Å². The highest BCUT2D eigenvalue weighted by molar-refractivity contribution is 5.91. The van der Waals surface area contributed by atoms with Crippen LogP contribution < -0.4 is 9.47 Å². The third-order valence-corrected chi connectivity index (χ3v) is 6.92. The van der Waals surface area contributed by atoms with E-state index in [1.807, 2.05) is 0 Å². The van der Waals surface area contributed by atoms with Crippen LogP contribution in [0.4, 0.5) is 13.2 Å². The minimum atomic E-state index is -0.881. The molecule has 0 unspecified atom stereocenters. The number of carbonyl (C=O) groups is 1. The second kappa shape index (κ2) is 12.1. The van der Waals surface area contributed by atoms with E-state index in [9.17, 15) is 18.0 Å². The lowest BCUT2D eigenvalue weighted by Gasteiger charge is -2.27. The van der Waals surface area contributed by atoms with Gasteiger partial charge in [0.05, 0.1) is 12.2 Å². The van der Waals surface area contributed by atoms with E-state index in [2.05, 4.69) is 13.5 Å². The maximum absolute atomic E-state index is 15.0. The van der Waals surface area contributed by atoms with Crippen LogP contribution >= 0.6 is 0 Å². The molecule has 0 aromatic heterocycles. The van der Waals surface area contributed by atoms with Gasteiger partial charge in [0.25, 0.3) is 0 Å². The van der Waals surface area contributed by atoms with Crippen molar-refractivity contribution in [3.63, 3.8) is 0 Å². The zero-order chi connectivity index (χ0) is 26.4. The van der Waals surface area contributed by atoms with E-state index in [4.69, 9.17) is 9.47 Å². The molecule has 1 fully saturated rings. The molecule has 3 aromatic carbocycles. The minimum Gasteiger partial charge on any atom is -0.491 e. The van der Waals surface area contributed by atoms with Crippen LogP contribution in [0.5, 0.6) is 11.5 Å². The van der Waals surface area contributed by atoms with E-state index in [1.54, 1.807) is 18.2 Å².